The van der Waals surface area contributed by atoms with Crippen molar-refractivity contribution in [1.82, 2.24) is 4.98 Å². The molecule has 0 atom stereocenters. The topological polar surface area (TPSA) is 65.8 Å². The van der Waals surface area contributed by atoms with Crippen LogP contribution in [0.4, 0.5) is 5.13 Å². The Morgan fingerprint density at radius 2 is 2.31 bits per heavy atom. The molecule has 16 heavy (non-hydrogen) atoms. The number of aromatic nitrogens is 1. The lowest BCUT2D eigenvalue weighted by atomic mass is 9.87. The van der Waals surface area contributed by atoms with E-state index in [9.17, 15) is 4.79 Å². The summed E-state index contributed by atoms with van der Waals surface area (Å²) in [5.41, 5.74) is -0.835. The van der Waals surface area contributed by atoms with Gasteiger partial charge < -0.3 is 5.32 Å². The van der Waals surface area contributed by atoms with Gasteiger partial charge >= 0.3 is 0 Å². The molecule has 1 heterocycles. The van der Waals surface area contributed by atoms with Crippen molar-refractivity contribution < 1.29 is 4.79 Å². The minimum atomic E-state index is -0.835. The summed E-state index contributed by atoms with van der Waals surface area (Å²) < 4.78 is 0.861. The van der Waals surface area contributed by atoms with E-state index in [1.165, 1.54) is 11.3 Å². The lowest BCUT2D eigenvalue weighted by molar-refractivity contribution is -0.122. The van der Waals surface area contributed by atoms with Crippen LogP contribution in [0.2, 0.25) is 0 Å². The van der Waals surface area contributed by atoms with E-state index in [1.54, 1.807) is 6.20 Å². The zero-order chi connectivity index (χ0) is 11.6. The monoisotopic (exact) mass is 299 g/mol. The van der Waals surface area contributed by atoms with Crippen LogP contribution >= 0.6 is 27.3 Å². The van der Waals surface area contributed by atoms with Gasteiger partial charge in [-0.05, 0) is 28.8 Å². The van der Waals surface area contributed by atoms with Crippen LogP contribution in [-0.4, -0.2) is 10.9 Å². The molecule has 4 nitrogen and oxygen atoms in total. The Bertz CT molecular complexity index is 445. The Kier molecular flexibility index (Phi) is 3.26. The Morgan fingerprint density at radius 3 is 2.81 bits per heavy atom. The van der Waals surface area contributed by atoms with Crippen LogP contribution in [0.5, 0.6) is 0 Å². The molecule has 84 valence electrons. The first kappa shape index (κ1) is 11.6. The van der Waals surface area contributed by atoms with E-state index in [4.69, 9.17) is 5.26 Å². The molecule has 1 aliphatic rings. The van der Waals surface area contributed by atoms with Crippen LogP contribution < -0.4 is 5.32 Å². The van der Waals surface area contributed by atoms with Gasteiger partial charge in [0, 0.05) is 0 Å². The summed E-state index contributed by atoms with van der Waals surface area (Å²) >= 11 is 4.62. The minimum Gasteiger partial charge on any atom is -0.301 e. The average molecular weight is 300 g/mol. The summed E-state index contributed by atoms with van der Waals surface area (Å²) in [4.78, 5) is 16.0. The van der Waals surface area contributed by atoms with E-state index in [0.717, 1.165) is 16.6 Å². The number of thiazole rings is 1. The quantitative estimate of drug-likeness (QED) is 0.913. The minimum absolute atomic E-state index is 0.214. The molecule has 1 N–H and O–H groups in total. The molecule has 1 saturated carbocycles. The molecule has 0 bridgehead atoms. The number of nitriles is 1. The van der Waals surface area contributed by atoms with E-state index in [0.29, 0.717) is 18.0 Å². The van der Waals surface area contributed by atoms with Crippen molar-refractivity contribution in [3.63, 3.8) is 0 Å². The summed E-state index contributed by atoms with van der Waals surface area (Å²) in [6, 6.07) is 2.16. The van der Waals surface area contributed by atoms with Gasteiger partial charge in [0.15, 0.2) is 5.13 Å². The van der Waals surface area contributed by atoms with Crippen molar-refractivity contribution >= 4 is 38.3 Å². The number of nitrogens with one attached hydrogen (secondary N) is 1. The van der Waals surface area contributed by atoms with E-state index in [-0.39, 0.29) is 5.91 Å². The molecule has 1 aliphatic carbocycles. The maximum atomic E-state index is 12.0. The van der Waals surface area contributed by atoms with Crippen molar-refractivity contribution in [1.29, 1.82) is 5.26 Å². The van der Waals surface area contributed by atoms with Crippen LogP contribution in [-0.2, 0) is 4.79 Å². The molecule has 0 saturated heterocycles. The highest BCUT2D eigenvalue weighted by atomic mass is 79.9. The summed E-state index contributed by atoms with van der Waals surface area (Å²) in [6.45, 7) is 0. The predicted molar refractivity (Wildman–Crippen MR) is 65.0 cm³/mol. The highest BCUT2D eigenvalue weighted by Crippen LogP contribution is 2.38. The molecule has 0 unspecified atom stereocenters. The molecule has 1 aromatic rings. The molecule has 1 fully saturated rings. The van der Waals surface area contributed by atoms with Gasteiger partial charge in [0.25, 0.3) is 0 Å². The van der Waals surface area contributed by atoms with Crippen molar-refractivity contribution in [2.75, 3.05) is 5.32 Å². The maximum absolute atomic E-state index is 12.0. The van der Waals surface area contributed by atoms with E-state index >= 15 is 0 Å². The van der Waals surface area contributed by atoms with Gasteiger partial charge in [-0.2, -0.15) is 5.26 Å². The number of hydrogen-bond donors (Lipinski definition) is 1. The standard InChI is InChI=1S/C10H10BrN3OS/c11-7-5-13-9(16-7)14-8(15)10(6-12)3-1-2-4-10/h5H,1-4H2,(H,13,14,15). The third-order valence-electron chi connectivity index (χ3n) is 2.80. The van der Waals surface area contributed by atoms with Gasteiger partial charge in [0.1, 0.15) is 5.41 Å². The van der Waals surface area contributed by atoms with Gasteiger partial charge in [0.2, 0.25) is 5.91 Å². The number of anilines is 1. The number of halogens is 1. The predicted octanol–water partition coefficient (Wildman–Crippen LogP) is 2.93. The van der Waals surface area contributed by atoms with Gasteiger partial charge in [-0.25, -0.2) is 4.98 Å². The number of hydrogen-bond acceptors (Lipinski definition) is 4. The van der Waals surface area contributed by atoms with Crippen LogP contribution in [0.1, 0.15) is 25.7 Å². The van der Waals surface area contributed by atoms with Gasteiger partial charge in [-0.1, -0.05) is 24.2 Å². The first-order valence-corrected chi connectivity index (χ1v) is 6.61. The molecule has 0 aliphatic heterocycles. The Morgan fingerprint density at radius 1 is 1.62 bits per heavy atom. The fraction of sp³-hybridized carbons (Fsp3) is 0.500. The van der Waals surface area contributed by atoms with Crippen molar-refractivity contribution in [3.8, 4) is 6.07 Å². The summed E-state index contributed by atoms with van der Waals surface area (Å²) in [6.07, 6.45) is 4.84. The zero-order valence-electron chi connectivity index (χ0n) is 8.49. The molecule has 6 heteroatoms. The molecule has 0 spiro atoms. The first-order valence-electron chi connectivity index (χ1n) is 5.00. The number of carbonyl (C=O) groups is 1. The highest BCUT2D eigenvalue weighted by molar-refractivity contribution is 9.11. The third kappa shape index (κ3) is 2.11. The van der Waals surface area contributed by atoms with Crippen molar-refractivity contribution in [2.24, 2.45) is 5.41 Å². The normalized spacial score (nSPS) is 18.0. The fourth-order valence-corrected chi connectivity index (χ4v) is 3.00. The smallest absolute Gasteiger partial charge is 0.246 e. The van der Waals surface area contributed by atoms with Crippen LogP contribution in [0.25, 0.3) is 0 Å². The first-order chi connectivity index (χ1) is 7.66. The van der Waals surface area contributed by atoms with Crippen molar-refractivity contribution in [3.05, 3.63) is 9.98 Å². The zero-order valence-corrected chi connectivity index (χ0v) is 10.9. The molecule has 0 aromatic carbocycles. The number of nitrogens with zero attached hydrogens (tertiary/aromatic N) is 2. The van der Waals surface area contributed by atoms with Gasteiger partial charge in [-0.3, -0.25) is 4.79 Å². The molecule has 1 aromatic heterocycles. The Balaban J connectivity index is 2.11. The van der Waals surface area contributed by atoms with E-state index in [2.05, 4.69) is 32.3 Å². The second kappa shape index (κ2) is 4.52. The summed E-state index contributed by atoms with van der Waals surface area (Å²) in [7, 11) is 0. The van der Waals surface area contributed by atoms with Gasteiger partial charge in [0.05, 0.1) is 16.1 Å². The second-order valence-corrected chi connectivity index (χ2v) is 6.23. The Hall–Kier alpha value is -0.930. The average Bonchev–Trinajstić information content (AvgIpc) is 2.88. The lowest BCUT2D eigenvalue weighted by Crippen LogP contribution is -2.32. The van der Waals surface area contributed by atoms with Crippen molar-refractivity contribution in [2.45, 2.75) is 25.7 Å². The Labute approximate surface area is 106 Å². The molecule has 1 amide bonds. The largest absolute Gasteiger partial charge is 0.301 e. The highest BCUT2D eigenvalue weighted by Gasteiger charge is 2.41. The third-order valence-corrected chi connectivity index (χ3v) is 4.20. The molecular weight excluding hydrogens is 290 g/mol. The number of carbonyl (C=O) groups excluding carboxylic acids is 1. The lowest BCUT2D eigenvalue weighted by Gasteiger charge is -2.17. The number of amides is 1. The number of rotatable bonds is 2. The SMILES string of the molecule is N#CC1(C(=O)Nc2ncc(Br)s2)CCCC1. The molecule has 2 rings (SSSR count). The summed E-state index contributed by atoms with van der Waals surface area (Å²) in [5.74, 6) is -0.214. The van der Waals surface area contributed by atoms with E-state index < -0.39 is 5.41 Å². The summed E-state index contributed by atoms with van der Waals surface area (Å²) in [5, 5.41) is 12.4. The molecule has 0 radical (unpaired) electrons. The van der Waals surface area contributed by atoms with Crippen LogP contribution in [0.3, 0.4) is 0 Å². The maximum Gasteiger partial charge on any atom is 0.246 e. The second-order valence-electron chi connectivity index (χ2n) is 3.82. The van der Waals surface area contributed by atoms with Crippen LogP contribution in [0.15, 0.2) is 9.98 Å². The van der Waals surface area contributed by atoms with E-state index in [1.807, 2.05) is 0 Å². The molecular formula is C10H10BrN3OS. The fourth-order valence-electron chi connectivity index (χ4n) is 1.90. The van der Waals surface area contributed by atoms with Gasteiger partial charge in [-0.15, -0.1) is 0 Å². The van der Waals surface area contributed by atoms with Crippen LogP contribution in [0, 0.1) is 16.7 Å².